The molecule has 1 aliphatic heterocycles. The molecular weight excluding hydrogens is 266 g/mol. The molecule has 4 unspecified atom stereocenters. The Morgan fingerprint density at radius 3 is 2.90 bits per heavy atom. The van der Waals surface area contributed by atoms with E-state index in [1.54, 1.807) is 0 Å². The van der Waals surface area contributed by atoms with Gasteiger partial charge < -0.3 is 10.2 Å². The van der Waals surface area contributed by atoms with Crippen LogP contribution in [0.5, 0.6) is 0 Å². The summed E-state index contributed by atoms with van der Waals surface area (Å²) in [5.74, 6) is 1.52. The van der Waals surface area contributed by atoms with Gasteiger partial charge in [-0.15, -0.1) is 11.3 Å². The Bertz CT molecular complexity index is 418. The number of piperidine rings is 1. The minimum absolute atomic E-state index is 0.413. The topological polar surface area (TPSA) is 28.2 Å². The van der Waals surface area contributed by atoms with Crippen LogP contribution in [0.25, 0.3) is 0 Å². The highest BCUT2D eigenvalue weighted by Crippen LogP contribution is 2.34. The molecule has 1 aromatic heterocycles. The van der Waals surface area contributed by atoms with Crippen molar-refractivity contribution in [3.8, 4) is 0 Å². The van der Waals surface area contributed by atoms with E-state index < -0.39 is 0 Å². The monoisotopic (exact) mass is 295 g/mol. The summed E-state index contributed by atoms with van der Waals surface area (Å²) >= 11 is 1.86. The van der Waals surface area contributed by atoms with E-state index in [-0.39, 0.29) is 0 Å². The molecule has 0 aliphatic carbocycles. The standard InChI is InChI=1S/C16H29N3S/c1-6-7-17-13(4)15-9-18-16(20-15)19-10-11(2)8-12(3)14(19)5/h9,11-14,17H,6-8,10H2,1-5H3. The van der Waals surface area contributed by atoms with Crippen LogP contribution in [-0.2, 0) is 0 Å². The minimum atomic E-state index is 0.413. The van der Waals surface area contributed by atoms with Gasteiger partial charge in [0.15, 0.2) is 5.13 Å². The van der Waals surface area contributed by atoms with Crippen LogP contribution in [0.15, 0.2) is 6.20 Å². The lowest BCUT2D eigenvalue weighted by molar-refractivity contribution is 0.297. The number of nitrogens with one attached hydrogen (secondary N) is 1. The maximum absolute atomic E-state index is 4.69. The molecule has 1 fully saturated rings. The van der Waals surface area contributed by atoms with Gasteiger partial charge in [-0.2, -0.15) is 0 Å². The summed E-state index contributed by atoms with van der Waals surface area (Å²) in [7, 11) is 0. The van der Waals surface area contributed by atoms with E-state index in [0.717, 1.165) is 24.9 Å². The van der Waals surface area contributed by atoms with Crippen molar-refractivity contribution in [2.45, 2.75) is 59.5 Å². The van der Waals surface area contributed by atoms with Crippen molar-refractivity contribution in [2.24, 2.45) is 11.8 Å². The molecule has 2 rings (SSSR count). The Morgan fingerprint density at radius 1 is 1.45 bits per heavy atom. The van der Waals surface area contributed by atoms with Gasteiger partial charge in [-0.05, 0) is 45.1 Å². The van der Waals surface area contributed by atoms with Gasteiger partial charge in [-0.3, -0.25) is 0 Å². The molecule has 0 aromatic carbocycles. The third-order valence-corrected chi connectivity index (χ3v) is 5.70. The predicted octanol–water partition coefficient (Wildman–Crippen LogP) is 4.07. The van der Waals surface area contributed by atoms with E-state index in [4.69, 9.17) is 4.98 Å². The third-order valence-electron chi connectivity index (χ3n) is 4.48. The normalized spacial score (nSPS) is 28.6. The highest BCUT2D eigenvalue weighted by atomic mass is 32.1. The number of nitrogens with zero attached hydrogens (tertiary/aromatic N) is 2. The van der Waals surface area contributed by atoms with Crippen LogP contribution in [0.2, 0.25) is 0 Å². The van der Waals surface area contributed by atoms with E-state index in [1.807, 2.05) is 11.3 Å². The van der Waals surface area contributed by atoms with Crippen molar-refractivity contribution in [2.75, 3.05) is 18.0 Å². The van der Waals surface area contributed by atoms with Crippen molar-refractivity contribution in [1.82, 2.24) is 10.3 Å². The second-order valence-electron chi connectivity index (χ2n) is 6.43. The Balaban J connectivity index is 2.07. The average molecular weight is 295 g/mol. The third kappa shape index (κ3) is 3.53. The molecule has 0 radical (unpaired) electrons. The number of aromatic nitrogens is 1. The Labute approximate surface area is 127 Å². The number of thiazole rings is 1. The van der Waals surface area contributed by atoms with Crippen LogP contribution in [0.3, 0.4) is 0 Å². The van der Waals surface area contributed by atoms with Crippen molar-refractivity contribution >= 4 is 16.5 Å². The van der Waals surface area contributed by atoms with E-state index in [9.17, 15) is 0 Å². The molecule has 1 saturated heterocycles. The maximum atomic E-state index is 4.69. The minimum Gasteiger partial charge on any atom is -0.345 e. The second kappa shape index (κ2) is 6.90. The van der Waals surface area contributed by atoms with Gasteiger partial charge >= 0.3 is 0 Å². The van der Waals surface area contributed by atoms with Gasteiger partial charge in [0.25, 0.3) is 0 Å². The van der Waals surface area contributed by atoms with Crippen molar-refractivity contribution < 1.29 is 0 Å². The molecular formula is C16H29N3S. The van der Waals surface area contributed by atoms with Crippen LogP contribution >= 0.6 is 11.3 Å². The molecule has 1 aliphatic rings. The summed E-state index contributed by atoms with van der Waals surface area (Å²) in [6.45, 7) is 13.7. The summed E-state index contributed by atoms with van der Waals surface area (Å²) < 4.78 is 0. The highest BCUT2D eigenvalue weighted by Gasteiger charge is 2.30. The second-order valence-corrected chi connectivity index (χ2v) is 7.47. The first-order chi connectivity index (χ1) is 9.52. The van der Waals surface area contributed by atoms with Crippen LogP contribution < -0.4 is 10.2 Å². The van der Waals surface area contributed by atoms with Gasteiger partial charge in [0, 0.05) is 29.7 Å². The number of hydrogen-bond donors (Lipinski definition) is 1. The van der Waals surface area contributed by atoms with Crippen LogP contribution in [0.4, 0.5) is 5.13 Å². The molecule has 1 aromatic rings. The first-order valence-corrected chi connectivity index (χ1v) is 8.80. The fraction of sp³-hybridized carbons (Fsp3) is 0.812. The number of hydrogen-bond acceptors (Lipinski definition) is 4. The predicted molar refractivity (Wildman–Crippen MR) is 88.6 cm³/mol. The zero-order valence-corrected chi connectivity index (χ0v) is 14.3. The average Bonchev–Trinajstić information content (AvgIpc) is 2.89. The van der Waals surface area contributed by atoms with Gasteiger partial charge in [0.1, 0.15) is 0 Å². The first kappa shape index (κ1) is 15.8. The largest absolute Gasteiger partial charge is 0.345 e. The molecule has 1 N–H and O–H groups in total. The van der Waals surface area contributed by atoms with Crippen LogP contribution in [0.1, 0.15) is 58.4 Å². The molecule has 3 nitrogen and oxygen atoms in total. The lowest BCUT2D eigenvalue weighted by Gasteiger charge is -2.41. The van der Waals surface area contributed by atoms with E-state index in [1.165, 1.54) is 22.9 Å². The molecule has 0 amide bonds. The lowest BCUT2D eigenvalue weighted by Crippen LogP contribution is -2.45. The zero-order chi connectivity index (χ0) is 14.7. The summed E-state index contributed by atoms with van der Waals surface area (Å²) in [5.41, 5.74) is 0. The van der Waals surface area contributed by atoms with Crippen LogP contribution in [0, 0.1) is 11.8 Å². The molecule has 0 saturated carbocycles. The van der Waals surface area contributed by atoms with Crippen molar-refractivity contribution in [3.05, 3.63) is 11.1 Å². The molecule has 0 bridgehead atoms. The molecule has 0 spiro atoms. The fourth-order valence-electron chi connectivity index (χ4n) is 3.04. The summed E-state index contributed by atoms with van der Waals surface area (Å²) in [6.07, 6.45) is 4.57. The quantitative estimate of drug-likeness (QED) is 0.887. The van der Waals surface area contributed by atoms with Gasteiger partial charge in [0.05, 0.1) is 0 Å². The highest BCUT2D eigenvalue weighted by molar-refractivity contribution is 7.15. The lowest BCUT2D eigenvalue weighted by atomic mass is 9.86. The van der Waals surface area contributed by atoms with Gasteiger partial charge in [0.2, 0.25) is 0 Å². The van der Waals surface area contributed by atoms with Gasteiger partial charge in [-0.25, -0.2) is 4.98 Å². The molecule has 4 heteroatoms. The van der Waals surface area contributed by atoms with E-state index >= 15 is 0 Å². The fourth-order valence-corrected chi connectivity index (χ4v) is 4.08. The van der Waals surface area contributed by atoms with Crippen molar-refractivity contribution in [1.29, 1.82) is 0 Å². The maximum Gasteiger partial charge on any atom is 0.185 e. The molecule has 20 heavy (non-hydrogen) atoms. The SMILES string of the molecule is CCCNC(C)c1cnc(N2CC(C)CC(C)C2C)s1. The Kier molecular flexibility index (Phi) is 5.44. The number of rotatable bonds is 5. The smallest absolute Gasteiger partial charge is 0.185 e. The van der Waals surface area contributed by atoms with Crippen molar-refractivity contribution in [3.63, 3.8) is 0 Å². The summed E-state index contributed by atoms with van der Waals surface area (Å²) in [5, 5.41) is 4.75. The summed E-state index contributed by atoms with van der Waals surface area (Å²) in [6, 6.07) is 1.01. The first-order valence-electron chi connectivity index (χ1n) is 7.98. The van der Waals surface area contributed by atoms with Crippen LogP contribution in [-0.4, -0.2) is 24.1 Å². The summed E-state index contributed by atoms with van der Waals surface area (Å²) in [4.78, 5) is 8.56. The Morgan fingerprint density at radius 2 is 2.20 bits per heavy atom. The molecule has 4 atom stereocenters. The zero-order valence-electron chi connectivity index (χ0n) is 13.5. The van der Waals surface area contributed by atoms with Gasteiger partial charge in [-0.1, -0.05) is 20.8 Å². The molecule has 2 heterocycles. The number of anilines is 1. The molecule has 114 valence electrons. The van der Waals surface area contributed by atoms with E-state index in [2.05, 4.69) is 51.0 Å². The van der Waals surface area contributed by atoms with E-state index in [0.29, 0.717) is 12.1 Å². The Hall–Kier alpha value is -0.610.